The van der Waals surface area contributed by atoms with Gasteiger partial charge in [-0.1, -0.05) is 41.4 Å². The van der Waals surface area contributed by atoms with E-state index in [1.54, 1.807) is 0 Å². The first-order valence-corrected chi connectivity index (χ1v) is 10.9. The number of anilines is 1. The van der Waals surface area contributed by atoms with Crippen molar-refractivity contribution >= 4 is 44.8 Å². The molecular formula is C19H22Cl2N2O3S. The van der Waals surface area contributed by atoms with Crippen molar-refractivity contribution in [3.63, 3.8) is 0 Å². The fraction of sp³-hybridized carbons (Fsp3) is 0.316. The highest BCUT2D eigenvalue weighted by Crippen LogP contribution is 2.30. The SMILES string of the molecule is Cc1ccc([C@H](C)NC(=O)CN(c2ccc(Cl)cc2Cl)S(C)(=O)=O)cc1C. The van der Waals surface area contributed by atoms with Crippen LogP contribution >= 0.6 is 23.2 Å². The number of nitrogens with one attached hydrogen (secondary N) is 1. The van der Waals surface area contributed by atoms with Crippen molar-refractivity contribution in [1.29, 1.82) is 0 Å². The quantitative estimate of drug-likeness (QED) is 0.747. The summed E-state index contributed by atoms with van der Waals surface area (Å²) in [7, 11) is -3.72. The average molecular weight is 429 g/mol. The first-order chi connectivity index (χ1) is 12.5. The molecule has 0 spiro atoms. The van der Waals surface area contributed by atoms with Crippen molar-refractivity contribution in [2.45, 2.75) is 26.8 Å². The molecule has 1 atom stereocenters. The van der Waals surface area contributed by atoms with Gasteiger partial charge in [0.05, 0.1) is 23.0 Å². The van der Waals surface area contributed by atoms with Crippen LogP contribution in [0.25, 0.3) is 0 Å². The molecule has 0 aliphatic carbocycles. The van der Waals surface area contributed by atoms with E-state index in [0.29, 0.717) is 5.02 Å². The smallest absolute Gasteiger partial charge is 0.241 e. The van der Waals surface area contributed by atoms with E-state index < -0.39 is 15.9 Å². The fourth-order valence-corrected chi connectivity index (χ4v) is 4.03. The number of rotatable bonds is 6. The van der Waals surface area contributed by atoms with E-state index in [2.05, 4.69) is 5.32 Å². The molecule has 27 heavy (non-hydrogen) atoms. The highest BCUT2D eigenvalue weighted by atomic mass is 35.5. The maximum absolute atomic E-state index is 12.5. The second kappa shape index (κ2) is 8.50. The topological polar surface area (TPSA) is 66.5 Å². The Labute approximate surface area is 170 Å². The molecule has 0 saturated heterocycles. The Morgan fingerprint density at radius 3 is 2.33 bits per heavy atom. The second-order valence-corrected chi connectivity index (χ2v) is 9.25. The van der Waals surface area contributed by atoms with E-state index in [4.69, 9.17) is 23.2 Å². The molecule has 0 aliphatic rings. The molecule has 1 amide bonds. The molecule has 5 nitrogen and oxygen atoms in total. The van der Waals surface area contributed by atoms with Gasteiger partial charge in [-0.25, -0.2) is 8.42 Å². The lowest BCUT2D eigenvalue weighted by molar-refractivity contribution is -0.120. The van der Waals surface area contributed by atoms with Crippen LogP contribution in [0, 0.1) is 13.8 Å². The maximum Gasteiger partial charge on any atom is 0.241 e. The molecule has 0 aliphatic heterocycles. The van der Waals surface area contributed by atoms with E-state index in [0.717, 1.165) is 27.3 Å². The monoisotopic (exact) mass is 428 g/mol. The molecule has 0 radical (unpaired) electrons. The second-order valence-electron chi connectivity index (χ2n) is 6.50. The number of aryl methyl sites for hydroxylation is 2. The van der Waals surface area contributed by atoms with Crippen LogP contribution in [0.15, 0.2) is 36.4 Å². The number of benzene rings is 2. The lowest BCUT2D eigenvalue weighted by Gasteiger charge is -2.24. The zero-order valence-electron chi connectivity index (χ0n) is 15.6. The van der Waals surface area contributed by atoms with Crippen molar-refractivity contribution in [2.75, 3.05) is 17.1 Å². The summed E-state index contributed by atoms with van der Waals surface area (Å²) in [6, 6.07) is 10.1. The van der Waals surface area contributed by atoms with Crippen molar-refractivity contribution in [3.8, 4) is 0 Å². The summed E-state index contributed by atoms with van der Waals surface area (Å²) in [5, 5.41) is 3.37. The van der Waals surface area contributed by atoms with Crippen LogP contribution in [0.4, 0.5) is 5.69 Å². The minimum atomic E-state index is -3.72. The number of carbonyl (C=O) groups is 1. The fourth-order valence-electron chi connectivity index (χ4n) is 2.60. The van der Waals surface area contributed by atoms with Crippen LogP contribution in [-0.4, -0.2) is 27.1 Å². The Hall–Kier alpha value is -1.76. The molecule has 0 saturated carbocycles. The predicted molar refractivity (Wildman–Crippen MR) is 111 cm³/mol. The Kier molecular flexibility index (Phi) is 6.78. The lowest BCUT2D eigenvalue weighted by atomic mass is 10.0. The molecule has 0 bridgehead atoms. The third-order valence-corrected chi connectivity index (χ3v) is 5.94. The maximum atomic E-state index is 12.5. The van der Waals surface area contributed by atoms with Crippen LogP contribution in [-0.2, 0) is 14.8 Å². The number of carbonyl (C=O) groups excluding carboxylic acids is 1. The molecule has 0 heterocycles. The molecule has 146 valence electrons. The number of hydrogen-bond acceptors (Lipinski definition) is 3. The number of halogens is 2. The van der Waals surface area contributed by atoms with Crippen molar-refractivity contribution in [3.05, 3.63) is 63.1 Å². The highest BCUT2D eigenvalue weighted by Gasteiger charge is 2.24. The van der Waals surface area contributed by atoms with Crippen LogP contribution in [0.1, 0.15) is 29.7 Å². The molecule has 2 rings (SSSR count). The van der Waals surface area contributed by atoms with Crippen LogP contribution in [0.2, 0.25) is 10.0 Å². The van der Waals surface area contributed by atoms with Crippen molar-refractivity contribution in [1.82, 2.24) is 5.32 Å². The first kappa shape index (κ1) is 21.5. The van der Waals surface area contributed by atoms with E-state index in [-0.39, 0.29) is 23.3 Å². The molecule has 2 aromatic carbocycles. The molecule has 8 heteroatoms. The van der Waals surface area contributed by atoms with Gasteiger partial charge in [0.1, 0.15) is 6.54 Å². The van der Waals surface area contributed by atoms with Gasteiger partial charge in [0.2, 0.25) is 15.9 Å². The molecule has 2 aromatic rings. The standard InChI is InChI=1S/C19H22Cl2N2O3S/c1-12-5-6-15(9-13(12)2)14(3)22-19(24)11-23(27(4,25)26)18-8-7-16(20)10-17(18)21/h5-10,14H,11H2,1-4H3,(H,22,24)/t14-/m0/s1. The van der Waals surface area contributed by atoms with E-state index in [1.165, 1.54) is 18.2 Å². The van der Waals surface area contributed by atoms with Crippen LogP contribution in [0.5, 0.6) is 0 Å². The summed E-state index contributed by atoms with van der Waals surface area (Å²) in [6.45, 7) is 5.49. The van der Waals surface area contributed by atoms with E-state index in [9.17, 15) is 13.2 Å². The number of amides is 1. The highest BCUT2D eigenvalue weighted by molar-refractivity contribution is 7.92. The van der Waals surface area contributed by atoms with Gasteiger partial charge in [-0.2, -0.15) is 0 Å². The normalized spacial score (nSPS) is 12.5. The van der Waals surface area contributed by atoms with Crippen molar-refractivity contribution in [2.24, 2.45) is 0 Å². The average Bonchev–Trinajstić information content (AvgIpc) is 2.54. The minimum Gasteiger partial charge on any atom is -0.348 e. The van der Waals surface area contributed by atoms with Gasteiger partial charge in [0, 0.05) is 5.02 Å². The van der Waals surface area contributed by atoms with Gasteiger partial charge < -0.3 is 5.32 Å². The summed E-state index contributed by atoms with van der Waals surface area (Å²) in [6.07, 6.45) is 1.03. The van der Waals surface area contributed by atoms with Gasteiger partial charge in [0.15, 0.2) is 0 Å². The number of nitrogens with zero attached hydrogens (tertiary/aromatic N) is 1. The lowest BCUT2D eigenvalue weighted by Crippen LogP contribution is -2.41. The Morgan fingerprint density at radius 2 is 1.78 bits per heavy atom. The summed E-state index contributed by atoms with van der Waals surface area (Å²) in [4.78, 5) is 12.5. The van der Waals surface area contributed by atoms with Gasteiger partial charge in [0.25, 0.3) is 0 Å². The van der Waals surface area contributed by atoms with Crippen LogP contribution in [0.3, 0.4) is 0 Å². The minimum absolute atomic E-state index is 0.155. The zero-order chi connectivity index (χ0) is 20.4. The molecule has 0 aromatic heterocycles. The number of sulfonamides is 1. The Morgan fingerprint density at radius 1 is 1.11 bits per heavy atom. The van der Waals surface area contributed by atoms with E-state index >= 15 is 0 Å². The summed E-state index contributed by atoms with van der Waals surface area (Å²) < 4.78 is 25.4. The molecule has 0 unspecified atom stereocenters. The molecule has 0 fully saturated rings. The predicted octanol–water partition coefficient (Wildman–Crippen LogP) is 4.25. The third kappa shape index (κ3) is 5.61. The van der Waals surface area contributed by atoms with Gasteiger partial charge in [-0.15, -0.1) is 0 Å². The Balaban J connectivity index is 2.20. The zero-order valence-corrected chi connectivity index (χ0v) is 17.9. The summed E-state index contributed by atoms with van der Waals surface area (Å²) >= 11 is 12.0. The molecular weight excluding hydrogens is 407 g/mol. The molecule has 1 N–H and O–H groups in total. The van der Waals surface area contributed by atoms with Crippen molar-refractivity contribution < 1.29 is 13.2 Å². The van der Waals surface area contributed by atoms with Crippen LogP contribution < -0.4 is 9.62 Å². The summed E-state index contributed by atoms with van der Waals surface area (Å²) in [5.41, 5.74) is 3.44. The van der Waals surface area contributed by atoms with Gasteiger partial charge in [-0.05, 0) is 55.7 Å². The first-order valence-electron chi connectivity index (χ1n) is 8.28. The van der Waals surface area contributed by atoms with E-state index in [1.807, 2.05) is 39.0 Å². The Bertz CT molecular complexity index is 961. The summed E-state index contributed by atoms with van der Waals surface area (Å²) in [5.74, 6) is -0.433. The third-order valence-electron chi connectivity index (χ3n) is 4.27. The number of hydrogen-bond donors (Lipinski definition) is 1. The van der Waals surface area contributed by atoms with Gasteiger partial charge in [-0.3, -0.25) is 9.10 Å². The van der Waals surface area contributed by atoms with Gasteiger partial charge >= 0.3 is 0 Å². The largest absolute Gasteiger partial charge is 0.348 e.